The summed E-state index contributed by atoms with van der Waals surface area (Å²) < 4.78 is 5.37. The number of pyridine rings is 1. The second-order valence-electron chi connectivity index (χ2n) is 11.5. The molecule has 0 radical (unpaired) electrons. The maximum atomic E-state index is 12.5. The molecule has 4 heteroatoms. The largest absolute Gasteiger partial charge is 0.497 e. The normalized spacial score (nSPS) is 15.7. The number of carbonyl (C=O) groups is 1. The van der Waals surface area contributed by atoms with Gasteiger partial charge in [-0.3, -0.25) is 0 Å². The molecule has 1 unspecified atom stereocenters. The number of allylic oxidation sites excluding steroid dienone is 1. The molecule has 212 valence electrons. The number of carboxylic acids is 1. The van der Waals surface area contributed by atoms with E-state index in [0.717, 1.165) is 35.2 Å². The quantitative estimate of drug-likeness (QED) is 0.190. The highest BCUT2D eigenvalue weighted by Gasteiger charge is 2.28. The Labute approximate surface area is 244 Å². The van der Waals surface area contributed by atoms with Crippen molar-refractivity contribution in [1.29, 1.82) is 0 Å². The standard InChI is InChI=1S/C37H41NO3/c1-4-5-6-7-8-9-10-26-11-15-28(16-12-26)29-17-13-27(14-18-29)23-30-21-25(2)22-33-35(37(39)40)32-24-31(41-3)19-20-34(32)38-36(30)33/h11-20,23-25H,4-10,21-22H2,1-3H3,(H,39,40)/b30-23+. The van der Waals surface area contributed by atoms with Gasteiger partial charge in [0.05, 0.1) is 23.9 Å². The molecule has 0 fully saturated rings. The molecule has 0 amide bonds. The fourth-order valence-corrected chi connectivity index (χ4v) is 6.08. The summed E-state index contributed by atoms with van der Waals surface area (Å²) in [6.45, 7) is 4.44. The highest BCUT2D eigenvalue weighted by Crippen LogP contribution is 2.39. The number of carboxylic acid groups (broad SMARTS) is 1. The van der Waals surface area contributed by atoms with Gasteiger partial charge in [-0.1, -0.05) is 94.5 Å². The van der Waals surface area contributed by atoms with Gasteiger partial charge >= 0.3 is 5.97 Å². The van der Waals surface area contributed by atoms with E-state index in [2.05, 4.69) is 68.5 Å². The lowest BCUT2D eigenvalue weighted by molar-refractivity contribution is 0.0697. The smallest absolute Gasteiger partial charge is 0.336 e. The Kier molecular flexibility index (Phi) is 9.18. The average molecular weight is 548 g/mol. The fourth-order valence-electron chi connectivity index (χ4n) is 6.08. The minimum atomic E-state index is -0.919. The summed E-state index contributed by atoms with van der Waals surface area (Å²) in [5.74, 6) is 0.0393. The van der Waals surface area contributed by atoms with Gasteiger partial charge in [-0.25, -0.2) is 9.78 Å². The maximum Gasteiger partial charge on any atom is 0.336 e. The van der Waals surface area contributed by atoms with Crippen molar-refractivity contribution in [1.82, 2.24) is 4.98 Å². The van der Waals surface area contributed by atoms with Crippen LogP contribution in [0.25, 0.3) is 33.7 Å². The van der Waals surface area contributed by atoms with Crippen molar-refractivity contribution < 1.29 is 14.6 Å². The summed E-state index contributed by atoms with van der Waals surface area (Å²) in [7, 11) is 1.59. The van der Waals surface area contributed by atoms with Gasteiger partial charge in [-0.2, -0.15) is 0 Å². The first kappa shape index (κ1) is 28.6. The van der Waals surface area contributed by atoms with Crippen LogP contribution in [0.2, 0.25) is 0 Å². The molecule has 1 heterocycles. The lowest BCUT2D eigenvalue weighted by Crippen LogP contribution is -2.17. The Bertz CT molecular complexity index is 1530. The first-order valence-electron chi connectivity index (χ1n) is 15.1. The fraction of sp³-hybridized carbons (Fsp3) is 0.351. The number of rotatable bonds is 11. The van der Waals surface area contributed by atoms with Crippen molar-refractivity contribution in [3.05, 3.63) is 94.7 Å². The number of aromatic nitrogens is 1. The molecule has 0 saturated carbocycles. The van der Waals surface area contributed by atoms with Gasteiger partial charge in [0, 0.05) is 5.39 Å². The molecule has 0 bridgehead atoms. The van der Waals surface area contributed by atoms with Gasteiger partial charge in [0.15, 0.2) is 0 Å². The van der Waals surface area contributed by atoms with Crippen LogP contribution in [0.1, 0.15) is 91.5 Å². The monoisotopic (exact) mass is 547 g/mol. The Morgan fingerprint density at radius 1 is 0.927 bits per heavy atom. The third-order valence-corrected chi connectivity index (χ3v) is 8.29. The van der Waals surface area contributed by atoms with Crippen LogP contribution >= 0.6 is 0 Å². The van der Waals surface area contributed by atoms with Gasteiger partial charge in [0.1, 0.15) is 5.75 Å². The van der Waals surface area contributed by atoms with E-state index in [1.165, 1.54) is 55.2 Å². The lowest BCUT2D eigenvalue weighted by Gasteiger charge is -2.26. The molecule has 1 aromatic heterocycles. The zero-order chi connectivity index (χ0) is 28.8. The Hall–Kier alpha value is -3.92. The second kappa shape index (κ2) is 13.2. The number of fused-ring (bicyclic) bond motifs is 2. The van der Waals surface area contributed by atoms with Crippen LogP contribution in [0, 0.1) is 5.92 Å². The van der Waals surface area contributed by atoms with Crippen LogP contribution in [0.3, 0.4) is 0 Å². The number of hydrogen-bond donors (Lipinski definition) is 1. The van der Waals surface area contributed by atoms with Gasteiger partial charge in [-0.15, -0.1) is 0 Å². The number of hydrogen-bond acceptors (Lipinski definition) is 3. The molecule has 0 saturated heterocycles. The molecule has 1 aliphatic rings. The maximum absolute atomic E-state index is 12.5. The Morgan fingerprint density at radius 2 is 1.61 bits per heavy atom. The van der Waals surface area contributed by atoms with E-state index < -0.39 is 5.97 Å². The van der Waals surface area contributed by atoms with E-state index in [9.17, 15) is 9.90 Å². The number of ether oxygens (including phenoxy) is 1. The van der Waals surface area contributed by atoms with Gasteiger partial charge in [-0.05, 0) is 89.3 Å². The number of aryl methyl sites for hydroxylation is 1. The number of methoxy groups -OCH3 is 1. The molecule has 41 heavy (non-hydrogen) atoms. The zero-order valence-corrected chi connectivity index (χ0v) is 24.6. The molecular weight excluding hydrogens is 506 g/mol. The number of benzene rings is 3. The van der Waals surface area contributed by atoms with Crippen LogP contribution in [0.4, 0.5) is 0 Å². The molecule has 5 rings (SSSR count). The first-order chi connectivity index (χ1) is 20.0. The van der Waals surface area contributed by atoms with Gasteiger partial charge < -0.3 is 9.84 Å². The van der Waals surface area contributed by atoms with Crippen molar-refractivity contribution >= 4 is 28.5 Å². The predicted molar refractivity (Wildman–Crippen MR) is 170 cm³/mol. The summed E-state index contributed by atoms with van der Waals surface area (Å²) in [5, 5.41) is 10.8. The second-order valence-corrected chi connectivity index (χ2v) is 11.5. The molecule has 1 atom stereocenters. The molecule has 4 nitrogen and oxygen atoms in total. The lowest BCUT2D eigenvalue weighted by atomic mass is 9.80. The van der Waals surface area contributed by atoms with Crippen molar-refractivity contribution in [2.75, 3.05) is 7.11 Å². The number of unbranched alkanes of at least 4 members (excludes halogenated alkanes) is 5. The summed E-state index contributed by atoms with van der Waals surface area (Å²) in [6.07, 6.45) is 12.8. The Morgan fingerprint density at radius 3 is 2.29 bits per heavy atom. The van der Waals surface area contributed by atoms with E-state index in [0.29, 0.717) is 34.6 Å². The minimum absolute atomic E-state index is 0.325. The summed E-state index contributed by atoms with van der Waals surface area (Å²) in [6, 6.07) is 23.1. The van der Waals surface area contributed by atoms with Crippen LogP contribution in [-0.2, 0) is 12.8 Å². The van der Waals surface area contributed by atoms with Crippen LogP contribution < -0.4 is 4.74 Å². The van der Waals surface area contributed by atoms with Crippen LogP contribution in [0.5, 0.6) is 5.75 Å². The van der Waals surface area contributed by atoms with E-state index >= 15 is 0 Å². The first-order valence-corrected chi connectivity index (χ1v) is 15.1. The SMILES string of the molecule is CCCCCCCCc1ccc(-c2ccc(/C=C3\CC(C)Cc4c3nc3ccc(OC)cc3c4C(=O)O)cc2)cc1. The highest BCUT2D eigenvalue weighted by atomic mass is 16.5. The molecule has 4 aromatic rings. The van der Waals surface area contributed by atoms with Crippen molar-refractivity contribution in [3.63, 3.8) is 0 Å². The highest BCUT2D eigenvalue weighted by molar-refractivity contribution is 6.06. The molecule has 1 N–H and O–H groups in total. The van der Waals surface area contributed by atoms with Crippen molar-refractivity contribution in [2.45, 2.75) is 71.6 Å². The Balaban J connectivity index is 1.36. The summed E-state index contributed by atoms with van der Waals surface area (Å²) in [4.78, 5) is 17.4. The zero-order valence-electron chi connectivity index (χ0n) is 24.6. The molecule has 0 aliphatic heterocycles. The van der Waals surface area contributed by atoms with Crippen molar-refractivity contribution in [3.8, 4) is 16.9 Å². The molecule has 3 aromatic carbocycles. The van der Waals surface area contributed by atoms with Crippen molar-refractivity contribution in [2.24, 2.45) is 5.92 Å². The summed E-state index contributed by atoms with van der Waals surface area (Å²) >= 11 is 0. The number of nitrogens with zero attached hydrogens (tertiary/aromatic N) is 1. The van der Waals surface area contributed by atoms with E-state index in [1.807, 2.05) is 12.1 Å². The van der Waals surface area contributed by atoms with Gasteiger partial charge in [0.2, 0.25) is 0 Å². The van der Waals surface area contributed by atoms with E-state index in [4.69, 9.17) is 9.72 Å². The topological polar surface area (TPSA) is 59.4 Å². The molecule has 0 spiro atoms. The molecular formula is C37H41NO3. The van der Waals surface area contributed by atoms with E-state index in [-0.39, 0.29) is 0 Å². The summed E-state index contributed by atoms with van der Waals surface area (Å²) in [5.41, 5.74) is 8.67. The number of aromatic carboxylic acids is 1. The van der Waals surface area contributed by atoms with Crippen LogP contribution in [-0.4, -0.2) is 23.2 Å². The van der Waals surface area contributed by atoms with E-state index in [1.54, 1.807) is 13.2 Å². The third kappa shape index (κ3) is 6.70. The predicted octanol–water partition coefficient (Wildman–Crippen LogP) is 9.63. The minimum Gasteiger partial charge on any atom is -0.497 e. The third-order valence-electron chi connectivity index (χ3n) is 8.29. The van der Waals surface area contributed by atoms with Gasteiger partial charge in [0.25, 0.3) is 0 Å². The molecule has 1 aliphatic carbocycles. The average Bonchev–Trinajstić information content (AvgIpc) is 2.98. The van der Waals surface area contributed by atoms with Crippen LogP contribution in [0.15, 0.2) is 66.7 Å².